The van der Waals surface area contributed by atoms with Crippen molar-refractivity contribution in [3.05, 3.63) is 0 Å². The smallest absolute Gasteiger partial charge is 0.0624 e. The normalized spacial score (nSPS) is 34.9. The first-order chi connectivity index (χ1) is 7.78. The molecule has 94 valence electrons. The zero-order valence-corrected chi connectivity index (χ0v) is 10.6. The molecule has 3 nitrogen and oxygen atoms in total. The molecule has 16 heavy (non-hydrogen) atoms. The molecule has 0 aromatic carbocycles. The summed E-state index contributed by atoms with van der Waals surface area (Å²) in [6.07, 6.45) is 8.49. The van der Waals surface area contributed by atoms with Crippen LogP contribution in [0.4, 0.5) is 0 Å². The standard InChI is InChI=1S/C13H26N2O/c1-3-9(4-2)7-12(15-14)11-8-10-5-6-13(11)16-10/h9-13,15H,3-8,14H2,1-2H3. The lowest BCUT2D eigenvalue weighted by Crippen LogP contribution is -2.45. The van der Waals surface area contributed by atoms with Gasteiger partial charge in [-0.1, -0.05) is 26.7 Å². The van der Waals surface area contributed by atoms with E-state index in [9.17, 15) is 0 Å². The lowest BCUT2D eigenvalue weighted by molar-refractivity contribution is 0.0831. The van der Waals surface area contributed by atoms with Crippen LogP contribution in [-0.2, 0) is 4.74 Å². The summed E-state index contributed by atoms with van der Waals surface area (Å²) in [5, 5.41) is 0. The van der Waals surface area contributed by atoms with Crippen LogP contribution in [0.15, 0.2) is 0 Å². The molecule has 0 aliphatic carbocycles. The van der Waals surface area contributed by atoms with Crippen molar-refractivity contribution in [1.29, 1.82) is 0 Å². The lowest BCUT2D eigenvalue weighted by Gasteiger charge is -2.30. The summed E-state index contributed by atoms with van der Waals surface area (Å²) >= 11 is 0. The van der Waals surface area contributed by atoms with Crippen LogP contribution in [0.2, 0.25) is 0 Å². The van der Waals surface area contributed by atoms with Crippen molar-refractivity contribution in [2.24, 2.45) is 17.7 Å². The first kappa shape index (κ1) is 12.3. The predicted octanol–water partition coefficient (Wildman–Crippen LogP) is 2.21. The van der Waals surface area contributed by atoms with E-state index in [0.29, 0.717) is 24.2 Å². The van der Waals surface area contributed by atoms with Gasteiger partial charge >= 0.3 is 0 Å². The highest BCUT2D eigenvalue weighted by Crippen LogP contribution is 2.41. The van der Waals surface area contributed by atoms with Crippen LogP contribution in [0.25, 0.3) is 0 Å². The Hall–Kier alpha value is -0.120. The second-order valence-corrected chi connectivity index (χ2v) is 5.46. The van der Waals surface area contributed by atoms with Gasteiger partial charge in [0.05, 0.1) is 12.2 Å². The monoisotopic (exact) mass is 226 g/mol. The lowest BCUT2D eigenvalue weighted by atomic mass is 9.80. The highest BCUT2D eigenvalue weighted by atomic mass is 16.5. The summed E-state index contributed by atoms with van der Waals surface area (Å²) in [5.74, 6) is 7.20. The van der Waals surface area contributed by atoms with Gasteiger partial charge < -0.3 is 4.74 Å². The maximum Gasteiger partial charge on any atom is 0.0624 e. The van der Waals surface area contributed by atoms with Crippen molar-refractivity contribution in [2.45, 2.75) is 70.6 Å². The molecule has 0 radical (unpaired) electrons. The van der Waals surface area contributed by atoms with E-state index in [4.69, 9.17) is 10.6 Å². The van der Waals surface area contributed by atoms with Crippen molar-refractivity contribution in [2.75, 3.05) is 0 Å². The number of nitrogens with one attached hydrogen (secondary N) is 1. The van der Waals surface area contributed by atoms with Crippen LogP contribution in [0.5, 0.6) is 0 Å². The average molecular weight is 226 g/mol. The van der Waals surface area contributed by atoms with Gasteiger partial charge in [-0.05, 0) is 31.6 Å². The van der Waals surface area contributed by atoms with E-state index in [0.717, 1.165) is 5.92 Å². The van der Waals surface area contributed by atoms with E-state index in [1.54, 1.807) is 0 Å². The Balaban J connectivity index is 1.89. The molecule has 0 spiro atoms. The third-order valence-corrected chi connectivity index (χ3v) is 4.63. The summed E-state index contributed by atoms with van der Waals surface area (Å²) in [5.41, 5.74) is 3.05. The largest absolute Gasteiger partial charge is 0.375 e. The van der Waals surface area contributed by atoms with Crippen LogP contribution in [0.1, 0.15) is 52.4 Å². The molecule has 2 fully saturated rings. The van der Waals surface area contributed by atoms with E-state index in [-0.39, 0.29) is 0 Å². The zero-order valence-electron chi connectivity index (χ0n) is 10.6. The van der Waals surface area contributed by atoms with E-state index in [2.05, 4.69) is 19.3 Å². The minimum atomic E-state index is 0.459. The number of hydrazine groups is 1. The molecule has 3 heteroatoms. The van der Waals surface area contributed by atoms with Gasteiger partial charge in [-0.25, -0.2) is 0 Å². The van der Waals surface area contributed by atoms with Crippen molar-refractivity contribution in [1.82, 2.24) is 5.43 Å². The SMILES string of the molecule is CCC(CC)CC(NN)C1CC2CCC1O2. The molecule has 2 aliphatic rings. The van der Waals surface area contributed by atoms with E-state index in [1.807, 2.05) is 0 Å². The number of fused-ring (bicyclic) bond motifs is 2. The Morgan fingerprint density at radius 1 is 1.31 bits per heavy atom. The van der Waals surface area contributed by atoms with Gasteiger partial charge in [0.15, 0.2) is 0 Å². The van der Waals surface area contributed by atoms with Crippen molar-refractivity contribution in [3.63, 3.8) is 0 Å². The fourth-order valence-corrected chi connectivity index (χ4v) is 3.45. The highest BCUT2D eigenvalue weighted by molar-refractivity contribution is 4.95. The quantitative estimate of drug-likeness (QED) is 0.539. The number of ether oxygens (including phenoxy) is 1. The summed E-state index contributed by atoms with van der Waals surface area (Å²) in [7, 11) is 0. The fraction of sp³-hybridized carbons (Fsp3) is 1.00. The molecule has 2 rings (SSSR count). The number of hydrogen-bond donors (Lipinski definition) is 2. The van der Waals surface area contributed by atoms with Gasteiger partial charge in [0, 0.05) is 12.0 Å². The maximum absolute atomic E-state index is 5.92. The second kappa shape index (κ2) is 5.48. The molecule has 0 aromatic heterocycles. The minimum Gasteiger partial charge on any atom is -0.375 e. The van der Waals surface area contributed by atoms with Gasteiger partial charge in [-0.2, -0.15) is 0 Å². The molecule has 0 aromatic rings. The van der Waals surface area contributed by atoms with Crippen molar-refractivity contribution in [3.8, 4) is 0 Å². The highest BCUT2D eigenvalue weighted by Gasteiger charge is 2.44. The molecule has 2 aliphatic heterocycles. The van der Waals surface area contributed by atoms with Crippen LogP contribution in [-0.4, -0.2) is 18.2 Å². The molecule has 0 saturated carbocycles. The van der Waals surface area contributed by atoms with E-state index >= 15 is 0 Å². The Morgan fingerprint density at radius 2 is 2.06 bits per heavy atom. The van der Waals surface area contributed by atoms with E-state index in [1.165, 1.54) is 38.5 Å². The van der Waals surface area contributed by atoms with Gasteiger partial charge in [-0.3, -0.25) is 11.3 Å². The third kappa shape index (κ3) is 2.41. The Morgan fingerprint density at radius 3 is 2.50 bits per heavy atom. The van der Waals surface area contributed by atoms with Crippen LogP contribution >= 0.6 is 0 Å². The number of hydrogen-bond acceptors (Lipinski definition) is 3. The average Bonchev–Trinajstić information content (AvgIpc) is 2.93. The topological polar surface area (TPSA) is 47.3 Å². The predicted molar refractivity (Wildman–Crippen MR) is 65.8 cm³/mol. The van der Waals surface area contributed by atoms with Gasteiger partial charge in [0.1, 0.15) is 0 Å². The third-order valence-electron chi connectivity index (χ3n) is 4.63. The molecule has 2 saturated heterocycles. The molecule has 3 N–H and O–H groups in total. The van der Waals surface area contributed by atoms with Crippen LogP contribution < -0.4 is 11.3 Å². The summed E-state index contributed by atoms with van der Waals surface area (Å²) in [6.45, 7) is 4.55. The molecule has 4 atom stereocenters. The fourth-order valence-electron chi connectivity index (χ4n) is 3.45. The van der Waals surface area contributed by atoms with Crippen LogP contribution in [0.3, 0.4) is 0 Å². The minimum absolute atomic E-state index is 0.459. The Bertz CT molecular complexity index is 218. The summed E-state index contributed by atoms with van der Waals surface area (Å²) in [6, 6.07) is 0.459. The first-order valence-corrected chi connectivity index (χ1v) is 6.90. The molecule has 4 unspecified atom stereocenters. The Kier molecular flexibility index (Phi) is 4.22. The Labute approximate surface area is 99.1 Å². The van der Waals surface area contributed by atoms with Crippen molar-refractivity contribution >= 4 is 0 Å². The maximum atomic E-state index is 5.92. The van der Waals surface area contributed by atoms with Gasteiger partial charge in [0.25, 0.3) is 0 Å². The number of nitrogens with two attached hydrogens (primary N) is 1. The second-order valence-electron chi connectivity index (χ2n) is 5.46. The van der Waals surface area contributed by atoms with Gasteiger partial charge in [0.2, 0.25) is 0 Å². The van der Waals surface area contributed by atoms with Crippen molar-refractivity contribution < 1.29 is 4.74 Å². The first-order valence-electron chi connectivity index (χ1n) is 6.90. The molecular formula is C13H26N2O. The molecule has 0 amide bonds. The molecular weight excluding hydrogens is 200 g/mol. The van der Waals surface area contributed by atoms with Gasteiger partial charge in [-0.15, -0.1) is 0 Å². The molecule has 2 heterocycles. The summed E-state index contributed by atoms with van der Waals surface area (Å²) < 4.78 is 5.92. The zero-order chi connectivity index (χ0) is 11.5. The van der Waals surface area contributed by atoms with Crippen LogP contribution in [0, 0.1) is 11.8 Å². The van der Waals surface area contributed by atoms with E-state index < -0.39 is 0 Å². The summed E-state index contributed by atoms with van der Waals surface area (Å²) in [4.78, 5) is 0. The molecule has 2 bridgehead atoms. The number of rotatable bonds is 6.